The molecule has 148 valence electrons. The summed E-state index contributed by atoms with van der Waals surface area (Å²) < 4.78 is 5.82. The van der Waals surface area contributed by atoms with E-state index in [1.807, 2.05) is 70.2 Å². The lowest BCUT2D eigenvalue weighted by Gasteiger charge is -2.21. The van der Waals surface area contributed by atoms with Crippen LogP contribution in [0.25, 0.3) is 0 Å². The molecule has 2 aromatic carbocycles. The Hall–Kier alpha value is -2.77. The fraction of sp³-hybridized carbons (Fsp3) is 0.375. The largest absolute Gasteiger partial charge is 0.371 e. The number of carbonyl (C=O) groups is 1. The van der Waals surface area contributed by atoms with E-state index in [0.717, 1.165) is 16.7 Å². The molecule has 0 aliphatic carbocycles. The third kappa shape index (κ3) is 7.46. The number of hydrogen-bond acceptors (Lipinski definition) is 2. The van der Waals surface area contributed by atoms with Crippen molar-refractivity contribution in [2.75, 3.05) is 6.54 Å². The van der Waals surface area contributed by atoms with Crippen LogP contribution in [0.3, 0.4) is 0 Å². The second-order valence-corrected chi connectivity index (χ2v) is 7.93. The first kappa shape index (κ1) is 21.5. The number of benzene rings is 2. The highest BCUT2D eigenvalue weighted by Gasteiger charge is 2.13. The summed E-state index contributed by atoms with van der Waals surface area (Å²) in [6, 6.07) is 16.0. The fourth-order valence-electron chi connectivity index (χ4n) is 2.64. The summed E-state index contributed by atoms with van der Waals surface area (Å²) in [5.41, 5.74) is 4.17. The normalized spacial score (nSPS) is 11.0. The molecular weight excluding hydrogens is 348 g/mol. The maximum atomic E-state index is 12.6. The van der Waals surface area contributed by atoms with Gasteiger partial charge in [0.2, 0.25) is 0 Å². The second kappa shape index (κ2) is 9.96. The van der Waals surface area contributed by atoms with Gasteiger partial charge in [0, 0.05) is 13.1 Å². The lowest BCUT2D eigenvalue weighted by atomic mass is 10.1. The van der Waals surface area contributed by atoms with Gasteiger partial charge < -0.3 is 15.0 Å². The summed E-state index contributed by atoms with van der Waals surface area (Å²) >= 11 is 0. The topological polar surface area (TPSA) is 41.6 Å². The van der Waals surface area contributed by atoms with Crippen LogP contribution in [0.2, 0.25) is 0 Å². The molecule has 0 saturated carbocycles. The maximum absolute atomic E-state index is 12.6. The molecular formula is C24H30N2O2. The van der Waals surface area contributed by atoms with Gasteiger partial charge in [0.25, 0.3) is 0 Å². The van der Waals surface area contributed by atoms with Crippen LogP contribution in [0.1, 0.15) is 43.0 Å². The highest BCUT2D eigenvalue weighted by molar-refractivity contribution is 5.74. The average Bonchev–Trinajstić information content (AvgIpc) is 2.65. The molecule has 0 spiro atoms. The second-order valence-electron chi connectivity index (χ2n) is 7.93. The van der Waals surface area contributed by atoms with Crippen molar-refractivity contribution in [3.8, 4) is 12.3 Å². The Balaban J connectivity index is 1.94. The summed E-state index contributed by atoms with van der Waals surface area (Å²) in [5, 5.41) is 2.97. The summed E-state index contributed by atoms with van der Waals surface area (Å²) in [6.07, 6.45) is 5.45. The number of hydrogen-bond donors (Lipinski definition) is 1. The van der Waals surface area contributed by atoms with Gasteiger partial charge in [-0.05, 0) is 44.4 Å². The Morgan fingerprint density at radius 2 is 1.79 bits per heavy atom. The number of amides is 2. The van der Waals surface area contributed by atoms with Crippen molar-refractivity contribution in [3.05, 3.63) is 70.8 Å². The Labute approximate surface area is 168 Å². The Morgan fingerprint density at radius 1 is 1.11 bits per heavy atom. The minimum atomic E-state index is -0.185. The van der Waals surface area contributed by atoms with E-state index in [0.29, 0.717) is 19.7 Å². The molecule has 0 bridgehead atoms. The molecule has 0 heterocycles. The van der Waals surface area contributed by atoms with Crippen LogP contribution in [0.15, 0.2) is 48.5 Å². The van der Waals surface area contributed by atoms with Gasteiger partial charge in [0.1, 0.15) is 0 Å². The van der Waals surface area contributed by atoms with Gasteiger partial charge in [-0.15, -0.1) is 6.42 Å². The van der Waals surface area contributed by atoms with Crippen LogP contribution in [0.4, 0.5) is 4.79 Å². The Kier molecular flexibility index (Phi) is 7.66. The number of aryl methyl sites for hydroxylation is 1. The molecule has 0 aliphatic rings. The molecule has 0 aromatic heterocycles. The van der Waals surface area contributed by atoms with Gasteiger partial charge in [-0.3, -0.25) is 0 Å². The van der Waals surface area contributed by atoms with E-state index in [2.05, 4.69) is 17.3 Å². The van der Waals surface area contributed by atoms with Crippen molar-refractivity contribution >= 4 is 6.03 Å². The van der Waals surface area contributed by atoms with E-state index in [1.54, 1.807) is 4.90 Å². The number of carbonyl (C=O) groups excluding carboxylic acids is 1. The molecule has 0 aliphatic heterocycles. The lowest BCUT2D eigenvalue weighted by Crippen LogP contribution is -2.39. The molecule has 0 unspecified atom stereocenters. The highest BCUT2D eigenvalue weighted by Crippen LogP contribution is 2.13. The molecule has 2 aromatic rings. The molecule has 4 nitrogen and oxygen atoms in total. The van der Waals surface area contributed by atoms with Gasteiger partial charge in [-0.25, -0.2) is 4.79 Å². The number of urea groups is 1. The molecule has 2 rings (SSSR count). The van der Waals surface area contributed by atoms with E-state index in [1.165, 1.54) is 5.56 Å². The molecule has 28 heavy (non-hydrogen) atoms. The number of terminal acetylenes is 1. The van der Waals surface area contributed by atoms with E-state index >= 15 is 0 Å². The van der Waals surface area contributed by atoms with Gasteiger partial charge >= 0.3 is 6.03 Å². The zero-order chi connectivity index (χ0) is 20.6. The summed E-state index contributed by atoms with van der Waals surface area (Å²) in [6.45, 7) is 9.87. The first-order chi connectivity index (χ1) is 13.3. The van der Waals surface area contributed by atoms with E-state index in [9.17, 15) is 4.79 Å². The monoisotopic (exact) mass is 378 g/mol. The molecule has 1 N–H and O–H groups in total. The first-order valence-electron chi connectivity index (χ1n) is 9.50. The van der Waals surface area contributed by atoms with Gasteiger partial charge in [-0.1, -0.05) is 60.0 Å². The van der Waals surface area contributed by atoms with Gasteiger partial charge in [0.15, 0.2) is 0 Å². The van der Waals surface area contributed by atoms with Crippen molar-refractivity contribution in [1.29, 1.82) is 0 Å². The Morgan fingerprint density at radius 3 is 2.43 bits per heavy atom. The number of ether oxygens (including phenoxy) is 1. The van der Waals surface area contributed by atoms with Crippen molar-refractivity contribution in [2.45, 2.75) is 53.0 Å². The zero-order valence-corrected chi connectivity index (χ0v) is 17.3. The number of nitrogens with one attached hydrogen (secondary N) is 1. The minimum Gasteiger partial charge on any atom is -0.371 e. The average molecular weight is 379 g/mol. The van der Waals surface area contributed by atoms with Gasteiger partial charge in [0.05, 0.1) is 18.8 Å². The molecule has 2 amide bonds. The number of nitrogens with zero attached hydrogens (tertiary/aromatic N) is 1. The third-order valence-electron chi connectivity index (χ3n) is 4.17. The first-order valence-corrected chi connectivity index (χ1v) is 9.50. The van der Waals surface area contributed by atoms with Crippen molar-refractivity contribution in [2.24, 2.45) is 0 Å². The summed E-state index contributed by atoms with van der Waals surface area (Å²) in [4.78, 5) is 14.3. The third-order valence-corrected chi connectivity index (χ3v) is 4.17. The van der Waals surface area contributed by atoms with E-state index in [4.69, 9.17) is 11.2 Å². The van der Waals surface area contributed by atoms with E-state index in [-0.39, 0.29) is 18.2 Å². The van der Waals surface area contributed by atoms with Crippen LogP contribution in [-0.2, 0) is 24.4 Å². The quantitative estimate of drug-likeness (QED) is 0.712. The summed E-state index contributed by atoms with van der Waals surface area (Å²) in [7, 11) is 0. The molecule has 0 fully saturated rings. The van der Waals surface area contributed by atoms with Crippen LogP contribution in [0.5, 0.6) is 0 Å². The zero-order valence-electron chi connectivity index (χ0n) is 17.3. The molecule has 0 radical (unpaired) electrons. The van der Waals surface area contributed by atoms with Crippen LogP contribution >= 0.6 is 0 Å². The van der Waals surface area contributed by atoms with Gasteiger partial charge in [-0.2, -0.15) is 0 Å². The number of rotatable bonds is 7. The predicted octanol–water partition coefficient (Wildman–Crippen LogP) is 4.66. The predicted molar refractivity (Wildman–Crippen MR) is 114 cm³/mol. The fourth-order valence-corrected chi connectivity index (χ4v) is 2.64. The van der Waals surface area contributed by atoms with Crippen molar-refractivity contribution in [3.63, 3.8) is 0 Å². The van der Waals surface area contributed by atoms with Crippen LogP contribution in [0, 0.1) is 19.3 Å². The molecule has 4 heteroatoms. The van der Waals surface area contributed by atoms with Crippen LogP contribution < -0.4 is 5.32 Å². The molecule has 0 atom stereocenters. The smallest absolute Gasteiger partial charge is 0.318 e. The van der Waals surface area contributed by atoms with Crippen LogP contribution in [-0.4, -0.2) is 23.1 Å². The standard InChI is InChI=1S/C24H30N2O2/c1-6-14-26(17-20-12-10-19(2)11-13-20)23(27)25-16-21-8-7-9-22(15-21)18-28-24(3,4)5/h1,7-13,15H,14,16-18H2,2-5H3,(H,25,27). The van der Waals surface area contributed by atoms with E-state index < -0.39 is 0 Å². The lowest BCUT2D eigenvalue weighted by molar-refractivity contribution is -0.0149. The van der Waals surface area contributed by atoms with Crippen molar-refractivity contribution in [1.82, 2.24) is 10.2 Å². The Bertz CT molecular complexity index is 814. The highest BCUT2D eigenvalue weighted by atomic mass is 16.5. The SMILES string of the molecule is C#CCN(Cc1ccc(C)cc1)C(=O)NCc1cccc(COC(C)(C)C)c1. The maximum Gasteiger partial charge on any atom is 0.318 e. The molecule has 0 saturated heterocycles. The summed E-state index contributed by atoms with van der Waals surface area (Å²) in [5.74, 6) is 2.57. The minimum absolute atomic E-state index is 0.171. The van der Waals surface area contributed by atoms with Crippen molar-refractivity contribution < 1.29 is 9.53 Å².